The van der Waals surface area contributed by atoms with Crippen molar-refractivity contribution in [3.8, 4) is 6.19 Å². The number of rotatable bonds is 3. The van der Waals surface area contributed by atoms with E-state index in [0.29, 0.717) is 43.5 Å². The van der Waals surface area contributed by atoms with Gasteiger partial charge >= 0.3 is 5.97 Å². The second-order valence-corrected chi connectivity index (χ2v) is 6.73. The second kappa shape index (κ2) is 5.96. The Morgan fingerprint density at radius 2 is 1.92 bits per heavy atom. The topological polar surface area (TPSA) is 70.8 Å². The molecule has 130 valence electrons. The molecule has 2 heterocycles. The molecule has 0 spiro atoms. The lowest BCUT2D eigenvalue weighted by Crippen LogP contribution is -2.44. The smallest absolute Gasteiger partial charge is 0.315 e. The minimum Gasteiger partial charge on any atom is -0.481 e. The molecule has 0 amide bonds. The predicted molar refractivity (Wildman–Crippen MR) is 90.8 cm³/mol. The van der Waals surface area contributed by atoms with Crippen molar-refractivity contribution in [2.24, 2.45) is 0 Å². The minimum atomic E-state index is -0.970. The fourth-order valence-corrected chi connectivity index (χ4v) is 3.58. The lowest BCUT2D eigenvalue weighted by Gasteiger charge is -2.36. The van der Waals surface area contributed by atoms with Crippen LogP contribution in [0.15, 0.2) is 24.4 Å². The number of benzene rings is 1. The van der Waals surface area contributed by atoms with Crippen LogP contribution in [0.25, 0.3) is 0 Å². The van der Waals surface area contributed by atoms with Gasteiger partial charge in [0.05, 0.1) is 5.69 Å². The Hall–Kier alpha value is -2.75. The Labute approximate surface area is 145 Å². The first kappa shape index (κ1) is 15.8. The maximum absolute atomic E-state index is 14.8. The van der Waals surface area contributed by atoms with E-state index < -0.39 is 17.7 Å². The Kier molecular flexibility index (Phi) is 3.75. The zero-order valence-electron chi connectivity index (χ0n) is 13.7. The summed E-state index contributed by atoms with van der Waals surface area (Å²) < 4.78 is 14.8. The van der Waals surface area contributed by atoms with Gasteiger partial charge in [-0.2, -0.15) is 5.26 Å². The van der Waals surface area contributed by atoms with Crippen molar-refractivity contribution >= 4 is 17.3 Å². The number of carbonyl (C=O) groups is 1. The minimum absolute atomic E-state index is 0.374. The summed E-state index contributed by atoms with van der Waals surface area (Å²) in [5, 5.41) is 18.4. The van der Waals surface area contributed by atoms with E-state index in [2.05, 4.69) is 11.1 Å². The van der Waals surface area contributed by atoms with Crippen LogP contribution in [0.3, 0.4) is 0 Å². The number of halogens is 1. The molecule has 1 saturated heterocycles. The summed E-state index contributed by atoms with van der Waals surface area (Å²) in [5.74, 6) is -2.19. The van der Waals surface area contributed by atoms with Crippen LogP contribution in [0, 0.1) is 17.3 Å². The van der Waals surface area contributed by atoms with E-state index >= 15 is 0 Å². The van der Waals surface area contributed by atoms with E-state index in [1.165, 1.54) is 6.07 Å². The second-order valence-electron chi connectivity index (χ2n) is 6.73. The highest BCUT2D eigenvalue weighted by Crippen LogP contribution is 2.43. The monoisotopic (exact) mass is 342 g/mol. The van der Waals surface area contributed by atoms with Gasteiger partial charge in [0.2, 0.25) is 0 Å². The number of piperazine rings is 1. The lowest BCUT2D eigenvalue weighted by atomic mass is 9.93. The highest BCUT2D eigenvalue weighted by molar-refractivity contribution is 5.84. The standard InChI is InChI=1S/C18H19FN4O2/c19-15-9-14-13(18(24)25)3-4-23(12-1-2-12)16(14)10-17(15)22-7-5-21(11-20)6-8-22/h3-4,9-10,12-13H,1-2,5-8H2,(H,24,25). The normalized spacial score (nSPS) is 22.6. The number of hydrogen-bond donors (Lipinski definition) is 1. The van der Waals surface area contributed by atoms with Gasteiger partial charge in [-0.1, -0.05) is 0 Å². The Morgan fingerprint density at radius 1 is 1.20 bits per heavy atom. The van der Waals surface area contributed by atoms with Gasteiger partial charge in [-0.25, -0.2) is 4.39 Å². The van der Waals surface area contributed by atoms with Crippen LogP contribution in [0.2, 0.25) is 0 Å². The summed E-state index contributed by atoms with van der Waals surface area (Å²) >= 11 is 0. The van der Waals surface area contributed by atoms with Crippen LogP contribution in [-0.2, 0) is 4.79 Å². The molecule has 1 N–H and O–H groups in total. The third-order valence-corrected chi connectivity index (χ3v) is 5.12. The van der Waals surface area contributed by atoms with Gasteiger partial charge in [0.25, 0.3) is 0 Å². The SMILES string of the molecule is N#CN1CCN(c2cc3c(cc2F)C(C(=O)O)C=CN3C2CC2)CC1. The van der Waals surface area contributed by atoms with E-state index in [4.69, 9.17) is 5.26 Å². The van der Waals surface area contributed by atoms with E-state index in [9.17, 15) is 14.3 Å². The van der Waals surface area contributed by atoms with E-state index in [1.807, 2.05) is 11.1 Å². The molecule has 25 heavy (non-hydrogen) atoms. The fraction of sp³-hybridized carbons (Fsp3) is 0.444. The average Bonchev–Trinajstić information content (AvgIpc) is 3.45. The number of nitriles is 1. The van der Waals surface area contributed by atoms with E-state index in [0.717, 1.165) is 18.5 Å². The largest absolute Gasteiger partial charge is 0.481 e. The number of carboxylic acid groups (broad SMARTS) is 1. The Bertz CT molecular complexity index is 776. The van der Waals surface area contributed by atoms with Crippen molar-refractivity contribution in [3.63, 3.8) is 0 Å². The molecule has 0 aromatic heterocycles. The molecule has 1 unspecified atom stereocenters. The molecule has 6 nitrogen and oxygen atoms in total. The molecule has 0 radical (unpaired) electrons. The molecular formula is C18H19FN4O2. The van der Waals surface area contributed by atoms with Crippen molar-refractivity contribution in [3.05, 3.63) is 35.8 Å². The average molecular weight is 342 g/mol. The van der Waals surface area contributed by atoms with Crippen LogP contribution in [0.5, 0.6) is 0 Å². The molecule has 1 saturated carbocycles. The van der Waals surface area contributed by atoms with Gasteiger partial charge in [-0.05, 0) is 36.6 Å². The third-order valence-electron chi connectivity index (χ3n) is 5.12. The van der Waals surface area contributed by atoms with Crippen LogP contribution in [0.1, 0.15) is 24.3 Å². The highest BCUT2D eigenvalue weighted by atomic mass is 19.1. The van der Waals surface area contributed by atoms with Gasteiger partial charge in [0, 0.05) is 44.1 Å². The van der Waals surface area contributed by atoms with Gasteiger partial charge in [0.15, 0.2) is 6.19 Å². The number of fused-ring (bicyclic) bond motifs is 1. The molecule has 1 aromatic rings. The first-order valence-corrected chi connectivity index (χ1v) is 8.51. The zero-order chi connectivity index (χ0) is 17.6. The molecule has 1 atom stereocenters. The Balaban J connectivity index is 1.71. The summed E-state index contributed by atoms with van der Waals surface area (Å²) in [5.41, 5.74) is 1.79. The van der Waals surface area contributed by atoms with Gasteiger partial charge in [-0.15, -0.1) is 0 Å². The molecule has 0 bridgehead atoms. The summed E-state index contributed by atoms with van der Waals surface area (Å²) in [6.45, 7) is 2.28. The molecule has 7 heteroatoms. The number of hydrogen-bond acceptors (Lipinski definition) is 5. The fourth-order valence-electron chi connectivity index (χ4n) is 3.58. The highest BCUT2D eigenvalue weighted by Gasteiger charge is 2.35. The van der Waals surface area contributed by atoms with Crippen molar-refractivity contribution in [1.82, 2.24) is 4.90 Å². The van der Waals surface area contributed by atoms with Crippen LogP contribution in [-0.4, -0.2) is 48.2 Å². The predicted octanol–water partition coefficient (Wildman–Crippen LogP) is 2.09. The van der Waals surface area contributed by atoms with Crippen molar-refractivity contribution in [1.29, 1.82) is 5.26 Å². The van der Waals surface area contributed by atoms with Gasteiger partial charge < -0.3 is 19.8 Å². The lowest BCUT2D eigenvalue weighted by molar-refractivity contribution is -0.137. The number of nitrogens with zero attached hydrogens (tertiary/aromatic N) is 4. The Morgan fingerprint density at radius 3 is 2.52 bits per heavy atom. The summed E-state index contributed by atoms with van der Waals surface area (Å²) in [6.07, 6.45) is 7.71. The van der Waals surface area contributed by atoms with Crippen LogP contribution in [0.4, 0.5) is 15.8 Å². The van der Waals surface area contributed by atoms with Gasteiger partial charge in [0.1, 0.15) is 11.7 Å². The first-order valence-electron chi connectivity index (χ1n) is 8.51. The molecule has 2 fully saturated rings. The molecule has 4 rings (SSSR count). The van der Waals surface area contributed by atoms with Gasteiger partial charge in [-0.3, -0.25) is 4.79 Å². The number of anilines is 2. The molecule has 3 aliphatic rings. The van der Waals surface area contributed by atoms with Crippen LogP contribution < -0.4 is 9.80 Å². The third kappa shape index (κ3) is 2.78. The first-order chi connectivity index (χ1) is 12.1. The molecule has 1 aliphatic carbocycles. The van der Waals surface area contributed by atoms with Crippen molar-refractivity contribution in [2.75, 3.05) is 36.0 Å². The van der Waals surface area contributed by atoms with Crippen LogP contribution >= 0.6 is 0 Å². The maximum Gasteiger partial charge on any atom is 0.315 e. The summed E-state index contributed by atoms with van der Waals surface area (Å²) in [7, 11) is 0. The maximum atomic E-state index is 14.8. The summed E-state index contributed by atoms with van der Waals surface area (Å²) in [6, 6.07) is 3.53. The molecule has 1 aromatic carbocycles. The van der Waals surface area contributed by atoms with Crippen molar-refractivity contribution < 1.29 is 14.3 Å². The number of aliphatic carboxylic acids is 1. The van der Waals surface area contributed by atoms with E-state index in [-0.39, 0.29) is 0 Å². The quantitative estimate of drug-likeness (QED) is 0.848. The molecule has 2 aliphatic heterocycles. The number of carboxylic acids is 1. The van der Waals surface area contributed by atoms with E-state index in [1.54, 1.807) is 17.0 Å². The zero-order valence-corrected chi connectivity index (χ0v) is 13.7. The van der Waals surface area contributed by atoms with Crippen molar-refractivity contribution in [2.45, 2.75) is 24.8 Å². The molecular weight excluding hydrogens is 323 g/mol. The summed E-state index contributed by atoms with van der Waals surface area (Å²) in [4.78, 5) is 17.2.